The van der Waals surface area contributed by atoms with E-state index < -0.39 is 0 Å². The standard InChI is InChI=1S/C12H22N4O/c1-4-7-16(9-8-15(2)3)12-6-5-11(10-17)13-14-12/h5-6,17H,4,7-10H2,1-3H3. The molecule has 5 heteroatoms. The van der Waals surface area contributed by atoms with Crippen LogP contribution in [0.4, 0.5) is 5.82 Å². The Labute approximate surface area is 103 Å². The van der Waals surface area contributed by atoms with Crippen LogP contribution in [-0.2, 0) is 6.61 Å². The highest BCUT2D eigenvalue weighted by molar-refractivity contribution is 5.37. The normalized spacial score (nSPS) is 10.9. The van der Waals surface area contributed by atoms with Gasteiger partial charge in [0.25, 0.3) is 0 Å². The molecule has 0 fully saturated rings. The fourth-order valence-corrected chi connectivity index (χ4v) is 1.54. The maximum atomic E-state index is 8.92. The highest BCUT2D eigenvalue weighted by Gasteiger charge is 2.07. The first-order chi connectivity index (χ1) is 8.17. The maximum Gasteiger partial charge on any atom is 0.151 e. The lowest BCUT2D eigenvalue weighted by Gasteiger charge is -2.24. The zero-order valence-corrected chi connectivity index (χ0v) is 10.9. The van der Waals surface area contributed by atoms with Gasteiger partial charge in [0.05, 0.1) is 12.3 Å². The number of anilines is 1. The highest BCUT2D eigenvalue weighted by Crippen LogP contribution is 2.10. The molecular weight excluding hydrogens is 216 g/mol. The molecule has 0 atom stereocenters. The van der Waals surface area contributed by atoms with Crippen molar-refractivity contribution in [2.75, 3.05) is 38.6 Å². The van der Waals surface area contributed by atoms with Gasteiger partial charge < -0.3 is 14.9 Å². The molecule has 1 N–H and O–H groups in total. The molecule has 17 heavy (non-hydrogen) atoms. The zero-order chi connectivity index (χ0) is 12.7. The molecule has 0 aliphatic rings. The highest BCUT2D eigenvalue weighted by atomic mass is 16.3. The van der Waals surface area contributed by atoms with Gasteiger partial charge in [0.2, 0.25) is 0 Å². The maximum absolute atomic E-state index is 8.92. The second-order valence-corrected chi connectivity index (χ2v) is 4.33. The van der Waals surface area contributed by atoms with E-state index in [-0.39, 0.29) is 6.61 Å². The van der Waals surface area contributed by atoms with Crippen molar-refractivity contribution in [1.82, 2.24) is 15.1 Å². The summed E-state index contributed by atoms with van der Waals surface area (Å²) in [6.45, 7) is 5.00. The third-order valence-electron chi connectivity index (χ3n) is 2.50. The number of hydrogen-bond acceptors (Lipinski definition) is 5. The molecule has 0 bridgehead atoms. The fraction of sp³-hybridized carbons (Fsp3) is 0.667. The second-order valence-electron chi connectivity index (χ2n) is 4.33. The van der Waals surface area contributed by atoms with E-state index in [2.05, 4.69) is 41.0 Å². The average molecular weight is 238 g/mol. The van der Waals surface area contributed by atoms with Crippen LogP contribution >= 0.6 is 0 Å². The van der Waals surface area contributed by atoms with Gasteiger partial charge in [0, 0.05) is 19.6 Å². The molecule has 5 nitrogen and oxygen atoms in total. The van der Waals surface area contributed by atoms with Crippen LogP contribution in [0.25, 0.3) is 0 Å². The van der Waals surface area contributed by atoms with Crippen molar-refractivity contribution < 1.29 is 5.11 Å². The lowest BCUT2D eigenvalue weighted by Crippen LogP contribution is -2.33. The van der Waals surface area contributed by atoms with E-state index in [1.165, 1.54) is 0 Å². The van der Waals surface area contributed by atoms with Crippen LogP contribution in [0.3, 0.4) is 0 Å². The monoisotopic (exact) mass is 238 g/mol. The summed E-state index contributed by atoms with van der Waals surface area (Å²) in [6.07, 6.45) is 1.08. The zero-order valence-electron chi connectivity index (χ0n) is 10.9. The van der Waals surface area contributed by atoms with Crippen molar-refractivity contribution in [3.05, 3.63) is 17.8 Å². The molecule has 96 valence electrons. The number of likely N-dealkylation sites (N-methyl/N-ethyl adjacent to an activating group) is 1. The Bertz CT molecular complexity index is 313. The summed E-state index contributed by atoms with van der Waals surface area (Å²) in [4.78, 5) is 4.37. The summed E-state index contributed by atoms with van der Waals surface area (Å²) in [5.41, 5.74) is 0.609. The molecule has 0 aliphatic carbocycles. The number of rotatable bonds is 7. The van der Waals surface area contributed by atoms with Crippen LogP contribution in [0.1, 0.15) is 19.0 Å². The Morgan fingerprint density at radius 2 is 1.88 bits per heavy atom. The Morgan fingerprint density at radius 3 is 2.35 bits per heavy atom. The summed E-state index contributed by atoms with van der Waals surface area (Å²) in [5.74, 6) is 0.880. The van der Waals surface area contributed by atoms with E-state index in [1.54, 1.807) is 0 Å². The Kier molecular flexibility index (Phi) is 5.86. The van der Waals surface area contributed by atoms with Gasteiger partial charge in [0.15, 0.2) is 5.82 Å². The first-order valence-electron chi connectivity index (χ1n) is 6.00. The van der Waals surface area contributed by atoms with Gasteiger partial charge >= 0.3 is 0 Å². The fourth-order valence-electron chi connectivity index (χ4n) is 1.54. The van der Waals surface area contributed by atoms with Crippen molar-refractivity contribution in [1.29, 1.82) is 0 Å². The van der Waals surface area contributed by atoms with Gasteiger partial charge in [-0.25, -0.2) is 0 Å². The van der Waals surface area contributed by atoms with E-state index in [0.717, 1.165) is 31.9 Å². The smallest absolute Gasteiger partial charge is 0.151 e. The molecule has 0 amide bonds. The number of aromatic nitrogens is 2. The van der Waals surface area contributed by atoms with Crippen LogP contribution in [-0.4, -0.2) is 53.9 Å². The minimum atomic E-state index is -0.0568. The van der Waals surface area contributed by atoms with Gasteiger partial charge in [0.1, 0.15) is 0 Å². The summed E-state index contributed by atoms with van der Waals surface area (Å²) >= 11 is 0. The van der Waals surface area contributed by atoms with E-state index >= 15 is 0 Å². The topological polar surface area (TPSA) is 52.5 Å². The van der Waals surface area contributed by atoms with Crippen LogP contribution in [0.5, 0.6) is 0 Å². The molecule has 1 rings (SSSR count). The molecule has 0 unspecified atom stereocenters. The quantitative estimate of drug-likeness (QED) is 0.759. The minimum absolute atomic E-state index is 0.0568. The molecule has 1 heterocycles. The van der Waals surface area contributed by atoms with Crippen molar-refractivity contribution >= 4 is 5.82 Å². The van der Waals surface area contributed by atoms with Gasteiger partial charge in [-0.1, -0.05) is 6.92 Å². The average Bonchev–Trinajstić information content (AvgIpc) is 2.34. The molecule has 0 aliphatic heterocycles. The molecule has 1 aromatic heterocycles. The molecular formula is C12H22N4O. The molecule has 0 saturated carbocycles. The van der Waals surface area contributed by atoms with Crippen LogP contribution < -0.4 is 4.90 Å². The van der Waals surface area contributed by atoms with Crippen molar-refractivity contribution in [2.24, 2.45) is 0 Å². The summed E-state index contributed by atoms with van der Waals surface area (Å²) in [6, 6.07) is 3.74. The molecule has 0 radical (unpaired) electrons. The lowest BCUT2D eigenvalue weighted by atomic mass is 10.3. The Balaban J connectivity index is 2.67. The largest absolute Gasteiger partial charge is 0.390 e. The number of hydrogen-bond donors (Lipinski definition) is 1. The number of aliphatic hydroxyl groups is 1. The van der Waals surface area contributed by atoms with E-state index in [1.807, 2.05) is 12.1 Å². The summed E-state index contributed by atoms with van der Waals surface area (Å²) in [5, 5.41) is 17.0. The third-order valence-corrected chi connectivity index (χ3v) is 2.50. The lowest BCUT2D eigenvalue weighted by molar-refractivity contribution is 0.275. The van der Waals surface area contributed by atoms with E-state index in [4.69, 9.17) is 5.11 Å². The molecule has 0 aromatic carbocycles. The van der Waals surface area contributed by atoms with Crippen molar-refractivity contribution in [3.63, 3.8) is 0 Å². The number of aliphatic hydroxyl groups excluding tert-OH is 1. The molecule has 1 aromatic rings. The third kappa shape index (κ3) is 4.66. The first-order valence-corrected chi connectivity index (χ1v) is 6.00. The van der Waals surface area contributed by atoms with Gasteiger partial charge in [-0.05, 0) is 32.6 Å². The van der Waals surface area contributed by atoms with E-state index in [0.29, 0.717) is 5.69 Å². The first kappa shape index (κ1) is 13.9. The minimum Gasteiger partial charge on any atom is -0.390 e. The Hall–Kier alpha value is -1.20. The molecule has 0 saturated heterocycles. The van der Waals surface area contributed by atoms with Crippen molar-refractivity contribution in [3.8, 4) is 0 Å². The van der Waals surface area contributed by atoms with Crippen molar-refractivity contribution in [2.45, 2.75) is 20.0 Å². The van der Waals surface area contributed by atoms with Gasteiger partial charge in [-0.15, -0.1) is 5.10 Å². The molecule has 0 spiro atoms. The van der Waals surface area contributed by atoms with Gasteiger partial charge in [-0.3, -0.25) is 0 Å². The predicted octanol–water partition coefficient (Wildman–Crippen LogP) is 0.747. The van der Waals surface area contributed by atoms with Crippen LogP contribution in [0.15, 0.2) is 12.1 Å². The van der Waals surface area contributed by atoms with Crippen LogP contribution in [0, 0.1) is 0 Å². The number of nitrogens with zero attached hydrogens (tertiary/aromatic N) is 4. The summed E-state index contributed by atoms with van der Waals surface area (Å²) < 4.78 is 0. The second kappa shape index (κ2) is 7.19. The summed E-state index contributed by atoms with van der Waals surface area (Å²) in [7, 11) is 4.12. The Morgan fingerprint density at radius 1 is 1.12 bits per heavy atom. The van der Waals surface area contributed by atoms with E-state index in [9.17, 15) is 0 Å². The van der Waals surface area contributed by atoms with Gasteiger partial charge in [-0.2, -0.15) is 5.10 Å². The predicted molar refractivity (Wildman–Crippen MR) is 69.0 cm³/mol. The SMILES string of the molecule is CCCN(CCN(C)C)c1ccc(CO)nn1. The van der Waals surface area contributed by atoms with Crippen LogP contribution in [0.2, 0.25) is 0 Å².